The third-order valence-corrected chi connectivity index (χ3v) is 5.82. The molecule has 1 amide bonds. The third kappa shape index (κ3) is 5.09. The van der Waals surface area contributed by atoms with Gasteiger partial charge in [-0.1, -0.05) is 30.3 Å². The molecule has 2 aliphatic heterocycles. The van der Waals surface area contributed by atoms with Crippen LogP contribution in [0.25, 0.3) is 0 Å². The second-order valence-electron chi connectivity index (χ2n) is 7.87. The number of Topliss-reactive ketones (excluding diaryl/α,β-unsaturated/α-hetero) is 1. The second-order valence-corrected chi connectivity index (χ2v) is 7.87. The van der Waals surface area contributed by atoms with Crippen molar-refractivity contribution in [1.82, 2.24) is 30.0 Å². The van der Waals surface area contributed by atoms with E-state index in [1.54, 1.807) is 4.68 Å². The Morgan fingerprint density at radius 2 is 1.90 bits per heavy atom. The van der Waals surface area contributed by atoms with Crippen molar-refractivity contribution >= 4 is 11.7 Å². The summed E-state index contributed by atoms with van der Waals surface area (Å²) in [7, 11) is 0. The van der Waals surface area contributed by atoms with E-state index in [4.69, 9.17) is 4.74 Å². The first kappa shape index (κ1) is 20.6. The van der Waals surface area contributed by atoms with Crippen LogP contribution < -0.4 is 0 Å². The van der Waals surface area contributed by atoms with Crippen LogP contribution in [0.2, 0.25) is 0 Å². The number of likely N-dealkylation sites (tertiary alicyclic amines) is 1. The van der Waals surface area contributed by atoms with Gasteiger partial charge in [0.2, 0.25) is 5.91 Å². The van der Waals surface area contributed by atoms with Gasteiger partial charge in [0.05, 0.1) is 26.3 Å². The summed E-state index contributed by atoms with van der Waals surface area (Å²) in [5.41, 5.74) is 0.721. The summed E-state index contributed by atoms with van der Waals surface area (Å²) < 4.78 is 7.09. The van der Waals surface area contributed by atoms with Crippen LogP contribution in [0.5, 0.6) is 0 Å². The van der Waals surface area contributed by atoms with Gasteiger partial charge in [-0.3, -0.25) is 14.5 Å². The van der Waals surface area contributed by atoms with Crippen LogP contribution >= 0.6 is 0 Å². The average molecular weight is 412 g/mol. The van der Waals surface area contributed by atoms with Crippen molar-refractivity contribution in [3.63, 3.8) is 0 Å². The fourth-order valence-corrected chi connectivity index (χ4v) is 4.08. The third-order valence-electron chi connectivity index (χ3n) is 5.82. The molecular formula is C21H28N6O3. The molecule has 0 aliphatic carbocycles. The molecule has 4 rings (SSSR count). The number of morpholine rings is 1. The maximum atomic E-state index is 12.8. The summed E-state index contributed by atoms with van der Waals surface area (Å²) in [6, 6.07) is 9.34. The summed E-state index contributed by atoms with van der Waals surface area (Å²) in [5.74, 6) is 0.810. The highest BCUT2D eigenvalue weighted by molar-refractivity contribution is 5.98. The van der Waals surface area contributed by atoms with E-state index < -0.39 is 0 Å². The molecule has 2 fully saturated rings. The molecule has 1 unspecified atom stereocenters. The molecule has 0 saturated carbocycles. The van der Waals surface area contributed by atoms with E-state index in [1.807, 2.05) is 35.2 Å². The quantitative estimate of drug-likeness (QED) is 0.627. The molecule has 160 valence electrons. The van der Waals surface area contributed by atoms with E-state index in [0.29, 0.717) is 32.6 Å². The Kier molecular flexibility index (Phi) is 6.81. The average Bonchev–Trinajstić information content (AvgIpc) is 3.25. The standard InChI is InChI=1S/C21H28N6O3/c28-20(8-10-27-19(22-23-24-27)16-25-11-13-30-14-12-25)26-9-4-7-18(15-26)21(29)17-5-2-1-3-6-17/h1-3,5-6,18H,4,7-16H2. The minimum absolute atomic E-state index is 0.0494. The van der Waals surface area contributed by atoms with Gasteiger partial charge in [0.25, 0.3) is 0 Å². The predicted octanol–water partition coefficient (Wildman–Crippen LogP) is 1.02. The van der Waals surface area contributed by atoms with Crippen molar-refractivity contribution in [3.8, 4) is 0 Å². The molecule has 1 aromatic heterocycles. The van der Waals surface area contributed by atoms with Crippen LogP contribution in [0.4, 0.5) is 0 Å². The number of hydrogen-bond acceptors (Lipinski definition) is 7. The van der Waals surface area contributed by atoms with Crippen molar-refractivity contribution in [2.75, 3.05) is 39.4 Å². The number of tetrazole rings is 1. The van der Waals surface area contributed by atoms with Gasteiger partial charge < -0.3 is 9.64 Å². The number of nitrogens with zero attached hydrogens (tertiary/aromatic N) is 6. The highest BCUT2D eigenvalue weighted by Crippen LogP contribution is 2.21. The molecule has 0 N–H and O–H groups in total. The van der Waals surface area contributed by atoms with Crippen LogP contribution in [0.15, 0.2) is 30.3 Å². The Bertz CT molecular complexity index is 849. The number of aromatic nitrogens is 4. The lowest BCUT2D eigenvalue weighted by Gasteiger charge is -2.32. The molecule has 30 heavy (non-hydrogen) atoms. The Morgan fingerprint density at radius 1 is 1.10 bits per heavy atom. The number of aryl methyl sites for hydroxylation is 1. The summed E-state index contributed by atoms with van der Waals surface area (Å²) in [4.78, 5) is 29.6. The van der Waals surface area contributed by atoms with Crippen molar-refractivity contribution in [1.29, 1.82) is 0 Å². The lowest BCUT2D eigenvalue weighted by atomic mass is 9.90. The highest BCUT2D eigenvalue weighted by atomic mass is 16.5. The summed E-state index contributed by atoms with van der Waals surface area (Å²) in [6.45, 7) is 5.44. The molecule has 9 heteroatoms. The van der Waals surface area contributed by atoms with Crippen LogP contribution in [0.3, 0.4) is 0 Å². The van der Waals surface area contributed by atoms with Gasteiger partial charge in [0.1, 0.15) is 0 Å². The van der Waals surface area contributed by atoms with Crippen molar-refractivity contribution < 1.29 is 14.3 Å². The van der Waals surface area contributed by atoms with E-state index in [2.05, 4.69) is 20.4 Å². The zero-order chi connectivity index (χ0) is 20.8. The Morgan fingerprint density at radius 3 is 2.70 bits per heavy atom. The lowest BCUT2D eigenvalue weighted by molar-refractivity contribution is -0.132. The molecule has 0 spiro atoms. The molecule has 2 aromatic rings. The number of benzene rings is 1. The fourth-order valence-electron chi connectivity index (χ4n) is 4.08. The topological polar surface area (TPSA) is 93.5 Å². The molecule has 1 aromatic carbocycles. The zero-order valence-corrected chi connectivity index (χ0v) is 17.2. The largest absolute Gasteiger partial charge is 0.379 e. The maximum Gasteiger partial charge on any atom is 0.224 e. The lowest BCUT2D eigenvalue weighted by Crippen LogP contribution is -2.42. The van der Waals surface area contributed by atoms with Gasteiger partial charge in [0.15, 0.2) is 11.6 Å². The van der Waals surface area contributed by atoms with Crippen molar-refractivity contribution in [2.24, 2.45) is 5.92 Å². The van der Waals surface area contributed by atoms with E-state index in [-0.39, 0.29) is 17.6 Å². The van der Waals surface area contributed by atoms with Crippen molar-refractivity contribution in [2.45, 2.75) is 32.4 Å². The molecule has 3 heterocycles. The van der Waals surface area contributed by atoms with E-state index >= 15 is 0 Å². The van der Waals surface area contributed by atoms with Crippen LogP contribution in [0, 0.1) is 5.92 Å². The highest BCUT2D eigenvalue weighted by Gasteiger charge is 2.29. The number of carbonyl (C=O) groups excluding carboxylic acids is 2. The fraction of sp³-hybridized carbons (Fsp3) is 0.571. The SMILES string of the molecule is O=C(c1ccccc1)C1CCCN(C(=O)CCn2nnnc2CN2CCOCC2)C1. The number of hydrogen-bond donors (Lipinski definition) is 0. The molecule has 9 nitrogen and oxygen atoms in total. The van der Waals surface area contributed by atoms with Gasteiger partial charge in [-0.15, -0.1) is 5.10 Å². The maximum absolute atomic E-state index is 12.8. The Labute approximate surface area is 176 Å². The first-order valence-corrected chi connectivity index (χ1v) is 10.6. The zero-order valence-electron chi connectivity index (χ0n) is 17.2. The normalized spacial score (nSPS) is 20.3. The van der Waals surface area contributed by atoms with Gasteiger partial charge in [-0.05, 0) is 23.3 Å². The molecule has 2 saturated heterocycles. The van der Waals surface area contributed by atoms with Crippen LogP contribution in [-0.2, 0) is 22.6 Å². The van der Waals surface area contributed by atoms with Gasteiger partial charge in [-0.25, -0.2) is 4.68 Å². The number of piperidine rings is 1. The van der Waals surface area contributed by atoms with Gasteiger partial charge in [0, 0.05) is 44.1 Å². The first-order valence-electron chi connectivity index (χ1n) is 10.6. The number of amides is 1. The summed E-state index contributed by atoms with van der Waals surface area (Å²) in [6.07, 6.45) is 2.00. The number of rotatable bonds is 7. The molecule has 0 radical (unpaired) electrons. The van der Waals surface area contributed by atoms with Crippen LogP contribution in [0.1, 0.15) is 35.4 Å². The van der Waals surface area contributed by atoms with E-state index in [0.717, 1.165) is 50.5 Å². The van der Waals surface area contributed by atoms with E-state index in [1.165, 1.54) is 0 Å². The molecule has 1 atom stereocenters. The number of ether oxygens (including phenoxy) is 1. The number of ketones is 1. The summed E-state index contributed by atoms with van der Waals surface area (Å²) >= 11 is 0. The van der Waals surface area contributed by atoms with Crippen molar-refractivity contribution in [3.05, 3.63) is 41.7 Å². The summed E-state index contributed by atoms with van der Waals surface area (Å²) in [5, 5.41) is 12.0. The molecule has 0 bridgehead atoms. The second kappa shape index (κ2) is 9.90. The van der Waals surface area contributed by atoms with Crippen LogP contribution in [-0.4, -0.2) is 81.1 Å². The van der Waals surface area contributed by atoms with Gasteiger partial charge in [-0.2, -0.15) is 0 Å². The van der Waals surface area contributed by atoms with E-state index in [9.17, 15) is 9.59 Å². The van der Waals surface area contributed by atoms with Gasteiger partial charge >= 0.3 is 0 Å². The molecular weight excluding hydrogens is 384 g/mol. The smallest absolute Gasteiger partial charge is 0.224 e. The first-order chi connectivity index (χ1) is 14.7. The minimum atomic E-state index is -0.130. The minimum Gasteiger partial charge on any atom is -0.379 e. The Balaban J connectivity index is 1.30. The predicted molar refractivity (Wildman–Crippen MR) is 109 cm³/mol. The molecule has 2 aliphatic rings. The Hall–Kier alpha value is -2.65. The monoisotopic (exact) mass is 412 g/mol. The number of carbonyl (C=O) groups is 2.